The molecule has 3 rings (SSSR count). The third-order valence-corrected chi connectivity index (χ3v) is 4.10. The molecule has 0 radical (unpaired) electrons. The van der Waals surface area contributed by atoms with Gasteiger partial charge in [0.25, 0.3) is 11.8 Å². The van der Waals surface area contributed by atoms with Crippen LogP contribution in [0.1, 0.15) is 21.6 Å². The zero-order chi connectivity index (χ0) is 19.9. The lowest BCUT2D eigenvalue weighted by Crippen LogP contribution is -2.23. The molecule has 0 unspecified atom stereocenters. The van der Waals surface area contributed by atoms with Crippen LogP contribution < -0.4 is 15.5 Å². The number of carbonyl (C=O) groups is 2. The van der Waals surface area contributed by atoms with Crippen molar-refractivity contribution in [3.05, 3.63) is 77.5 Å². The second-order valence-electron chi connectivity index (χ2n) is 5.96. The average molecular weight is 377 g/mol. The maximum atomic E-state index is 12.5. The molecule has 0 aliphatic heterocycles. The lowest BCUT2D eigenvalue weighted by atomic mass is 10.1. The normalized spacial score (nSPS) is 10.8. The van der Waals surface area contributed by atoms with Crippen LogP contribution in [0, 0.1) is 0 Å². The summed E-state index contributed by atoms with van der Waals surface area (Å²) < 4.78 is 5.37. The van der Waals surface area contributed by atoms with Crippen LogP contribution in [-0.4, -0.2) is 29.1 Å². The van der Waals surface area contributed by atoms with Gasteiger partial charge in [-0.15, -0.1) is 0 Å². The number of pyridine rings is 1. The largest absolute Gasteiger partial charge is 0.496 e. The lowest BCUT2D eigenvalue weighted by Gasteiger charge is -2.09. The predicted molar refractivity (Wildman–Crippen MR) is 105 cm³/mol. The van der Waals surface area contributed by atoms with Gasteiger partial charge in [-0.1, -0.05) is 36.4 Å². The molecule has 0 saturated carbocycles. The minimum absolute atomic E-state index is 0.283. The number of carbonyl (C=O) groups excluding carboxylic acids is 2. The summed E-state index contributed by atoms with van der Waals surface area (Å²) in [4.78, 5) is 27.9. The van der Waals surface area contributed by atoms with E-state index < -0.39 is 5.91 Å². The van der Waals surface area contributed by atoms with E-state index in [4.69, 9.17) is 9.94 Å². The summed E-state index contributed by atoms with van der Waals surface area (Å²) in [5, 5.41) is 12.1. The number of rotatable bonds is 6. The molecule has 0 fully saturated rings. The highest BCUT2D eigenvalue weighted by Gasteiger charge is 2.12. The summed E-state index contributed by atoms with van der Waals surface area (Å²) >= 11 is 0. The number of benzene rings is 2. The van der Waals surface area contributed by atoms with Gasteiger partial charge in [-0.25, -0.2) is 10.5 Å². The Labute approximate surface area is 161 Å². The molecule has 142 valence electrons. The van der Waals surface area contributed by atoms with Crippen molar-refractivity contribution in [2.75, 3.05) is 7.11 Å². The minimum atomic E-state index is -0.602. The minimum Gasteiger partial charge on any atom is -0.496 e. The van der Waals surface area contributed by atoms with Crippen LogP contribution in [0.5, 0.6) is 5.75 Å². The van der Waals surface area contributed by atoms with Gasteiger partial charge >= 0.3 is 0 Å². The van der Waals surface area contributed by atoms with Gasteiger partial charge in [-0.3, -0.25) is 14.8 Å². The highest BCUT2D eigenvalue weighted by molar-refractivity contribution is 5.97. The molecular weight excluding hydrogens is 358 g/mol. The monoisotopic (exact) mass is 377 g/mol. The lowest BCUT2D eigenvalue weighted by molar-refractivity contribution is -0.124. The fourth-order valence-corrected chi connectivity index (χ4v) is 2.66. The van der Waals surface area contributed by atoms with Gasteiger partial charge in [0.2, 0.25) is 0 Å². The molecule has 0 aliphatic carbocycles. The molecule has 3 aromatic rings. The van der Waals surface area contributed by atoms with Crippen LogP contribution in [0.3, 0.4) is 0 Å². The van der Waals surface area contributed by atoms with E-state index in [-0.39, 0.29) is 11.6 Å². The third-order valence-electron chi connectivity index (χ3n) is 4.10. The molecule has 2 aromatic carbocycles. The number of nitrogens with zero attached hydrogens (tertiary/aromatic N) is 1. The second kappa shape index (κ2) is 8.79. The Balaban J connectivity index is 1.68. The van der Waals surface area contributed by atoms with Crippen LogP contribution in [-0.2, 0) is 11.3 Å². The van der Waals surface area contributed by atoms with Crippen LogP contribution in [0.2, 0.25) is 0 Å². The topological polar surface area (TPSA) is 101 Å². The van der Waals surface area contributed by atoms with Crippen molar-refractivity contribution >= 4 is 28.8 Å². The molecule has 7 heteroatoms. The number of methoxy groups -OCH3 is 1. The van der Waals surface area contributed by atoms with Crippen LogP contribution >= 0.6 is 0 Å². The molecule has 1 heterocycles. The fourth-order valence-electron chi connectivity index (χ4n) is 2.66. The molecule has 7 nitrogen and oxygen atoms in total. The summed E-state index contributed by atoms with van der Waals surface area (Å²) in [6.07, 6.45) is 2.79. The first-order valence-electron chi connectivity index (χ1n) is 8.54. The first-order valence-corrected chi connectivity index (χ1v) is 8.54. The smallest absolute Gasteiger partial charge is 0.270 e. The number of amides is 2. The van der Waals surface area contributed by atoms with Gasteiger partial charge in [0, 0.05) is 24.1 Å². The van der Waals surface area contributed by atoms with Gasteiger partial charge in [0.1, 0.15) is 11.4 Å². The SMILES string of the molecule is COc1cc(C(=O)NCc2ccc(/C=C/C(=O)NO)cc2)nc2ccccc12. The molecule has 0 bridgehead atoms. The quantitative estimate of drug-likeness (QED) is 0.348. The van der Waals surface area contributed by atoms with E-state index >= 15 is 0 Å². The predicted octanol–water partition coefficient (Wildman–Crippen LogP) is 2.69. The van der Waals surface area contributed by atoms with Crippen molar-refractivity contribution in [1.29, 1.82) is 0 Å². The summed E-state index contributed by atoms with van der Waals surface area (Å²) in [7, 11) is 1.56. The first kappa shape index (κ1) is 19.1. The van der Waals surface area contributed by atoms with Crippen molar-refractivity contribution in [1.82, 2.24) is 15.8 Å². The maximum Gasteiger partial charge on any atom is 0.270 e. The summed E-state index contributed by atoms with van der Waals surface area (Å²) in [6.45, 7) is 0.330. The summed E-state index contributed by atoms with van der Waals surface area (Å²) in [6, 6.07) is 16.4. The molecule has 2 amide bonds. The van der Waals surface area contributed by atoms with E-state index in [0.717, 1.165) is 16.5 Å². The van der Waals surface area contributed by atoms with E-state index in [0.29, 0.717) is 17.8 Å². The van der Waals surface area contributed by atoms with Crippen molar-refractivity contribution < 1.29 is 19.5 Å². The van der Waals surface area contributed by atoms with Gasteiger partial charge in [-0.05, 0) is 29.3 Å². The Kier molecular flexibility index (Phi) is 5.98. The van der Waals surface area contributed by atoms with Crippen molar-refractivity contribution in [3.63, 3.8) is 0 Å². The number of fused-ring (bicyclic) bond motifs is 1. The van der Waals surface area contributed by atoms with E-state index in [1.54, 1.807) is 31.4 Å². The first-order chi connectivity index (χ1) is 13.6. The van der Waals surface area contributed by atoms with E-state index in [2.05, 4.69) is 10.3 Å². The number of hydrogen-bond donors (Lipinski definition) is 3. The van der Waals surface area contributed by atoms with Crippen LogP contribution in [0.15, 0.2) is 60.7 Å². The highest BCUT2D eigenvalue weighted by atomic mass is 16.5. The zero-order valence-electron chi connectivity index (χ0n) is 15.2. The van der Waals surface area contributed by atoms with Crippen molar-refractivity contribution in [3.8, 4) is 5.75 Å². The molecular formula is C21H19N3O4. The Hall–Kier alpha value is -3.71. The maximum absolute atomic E-state index is 12.5. The molecule has 0 atom stereocenters. The van der Waals surface area contributed by atoms with Crippen LogP contribution in [0.25, 0.3) is 17.0 Å². The van der Waals surface area contributed by atoms with E-state index in [1.165, 1.54) is 11.6 Å². The van der Waals surface area contributed by atoms with Gasteiger partial charge in [0.15, 0.2) is 0 Å². The van der Waals surface area contributed by atoms with Gasteiger partial charge < -0.3 is 10.1 Å². The molecule has 1 aromatic heterocycles. The third kappa shape index (κ3) is 4.52. The summed E-state index contributed by atoms with van der Waals surface area (Å²) in [5.74, 6) is -0.305. The average Bonchev–Trinajstić information content (AvgIpc) is 2.75. The molecule has 0 aliphatic rings. The van der Waals surface area contributed by atoms with Gasteiger partial charge in [0.05, 0.1) is 12.6 Å². The standard InChI is InChI=1S/C21H19N3O4/c1-28-19-12-18(23-17-5-3-2-4-16(17)19)21(26)22-13-15-8-6-14(7-9-15)10-11-20(25)24-27/h2-12,27H,13H2,1H3,(H,22,26)(H,24,25)/b11-10+. The Bertz CT molecular complexity index is 1030. The Morgan fingerprint density at radius 3 is 2.61 bits per heavy atom. The van der Waals surface area contributed by atoms with Gasteiger partial charge in [-0.2, -0.15) is 0 Å². The number of nitrogens with one attached hydrogen (secondary N) is 2. The Morgan fingerprint density at radius 2 is 1.89 bits per heavy atom. The van der Waals surface area contributed by atoms with E-state index in [9.17, 15) is 9.59 Å². The zero-order valence-corrected chi connectivity index (χ0v) is 15.2. The van der Waals surface area contributed by atoms with E-state index in [1.807, 2.05) is 36.4 Å². The highest BCUT2D eigenvalue weighted by Crippen LogP contribution is 2.24. The number of aromatic nitrogens is 1. The molecule has 0 saturated heterocycles. The Morgan fingerprint density at radius 1 is 1.14 bits per heavy atom. The number of hydroxylamine groups is 1. The molecule has 0 spiro atoms. The number of ether oxygens (including phenoxy) is 1. The second-order valence-corrected chi connectivity index (χ2v) is 5.96. The van der Waals surface area contributed by atoms with Crippen molar-refractivity contribution in [2.24, 2.45) is 0 Å². The number of hydrogen-bond acceptors (Lipinski definition) is 5. The number of para-hydroxylation sites is 1. The van der Waals surface area contributed by atoms with Crippen molar-refractivity contribution in [2.45, 2.75) is 6.54 Å². The van der Waals surface area contributed by atoms with Crippen LogP contribution in [0.4, 0.5) is 0 Å². The fraction of sp³-hybridized carbons (Fsp3) is 0.0952. The summed E-state index contributed by atoms with van der Waals surface area (Å²) in [5.41, 5.74) is 4.18. The molecule has 28 heavy (non-hydrogen) atoms. The molecule has 3 N–H and O–H groups in total.